The molecule has 39 heavy (non-hydrogen) atoms. The molecule has 202 valence electrons. The average Bonchev–Trinajstić information content (AvgIpc) is 2.89. The molecule has 0 aliphatic rings. The summed E-state index contributed by atoms with van der Waals surface area (Å²) in [4.78, 5) is 13.5. The minimum atomic E-state index is -4.94. The predicted molar refractivity (Wildman–Crippen MR) is 148 cm³/mol. The average molecular weight is 646 g/mol. The Bertz CT molecular complexity index is 1330. The van der Waals surface area contributed by atoms with Gasteiger partial charge in [-0.3, -0.25) is 10.1 Å². The maximum Gasteiger partial charge on any atom is 0.259 e. The van der Waals surface area contributed by atoms with Gasteiger partial charge in [0.1, 0.15) is 15.9 Å². The van der Waals surface area contributed by atoms with E-state index < -0.39 is 23.4 Å². The third-order valence-electron chi connectivity index (χ3n) is 5.35. The third kappa shape index (κ3) is 8.16. The van der Waals surface area contributed by atoms with Crippen LogP contribution in [0.2, 0.25) is 10.0 Å². The quantitative estimate of drug-likeness (QED) is 0.323. The lowest BCUT2D eigenvalue weighted by atomic mass is 10.2. The number of rotatable bonds is 6. The summed E-state index contributed by atoms with van der Waals surface area (Å²) >= 11 is 25.5. The highest BCUT2D eigenvalue weighted by Crippen LogP contribution is 2.63. The molecule has 0 atom stereocenters. The summed E-state index contributed by atoms with van der Waals surface area (Å²) in [5.74, 6) is -0.428. The number of nitrogens with one attached hydrogen (secondary N) is 1. The molecule has 0 aromatic heterocycles. The minimum absolute atomic E-state index is 0.0247. The van der Waals surface area contributed by atoms with E-state index in [1.54, 1.807) is 12.1 Å². The number of benzene rings is 4. The zero-order valence-corrected chi connectivity index (χ0v) is 24.4. The van der Waals surface area contributed by atoms with Gasteiger partial charge < -0.3 is 0 Å². The Morgan fingerprint density at radius 1 is 0.667 bits per heavy atom. The van der Waals surface area contributed by atoms with Gasteiger partial charge in [-0.15, -0.1) is 10.2 Å². The summed E-state index contributed by atoms with van der Waals surface area (Å²) in [6.45, 7) is 0. The van der Waals surface area contributed by atoms with Crippen molar-refractivity contribution in [2.45, 2.75) is 0 Å². The second kappa shape index (κ2) is 13.9. The van der Waals surface area contributed by atoms with E-state index in [0.29, 0.717) is 10.5 Å². The van der Waals surface area contributed by atoms with Gasteiger partial charge >= 0.3 is 0 Å². The first kappa shape index (κ1) is 31.3. The van der Waals surface area contributed by atoms with Gasteiger partial charge in [0, 0.05) is 5.02 Å². The molecular weight excluding hydrogens is 627 g/mol. The van der Waals surface area contributed by atoms with Crippen molar-refractivity contribution in [2.24, 2.45) is 0 Å². The lowest BCUT2D eigenvalue weighted by Crippen LogP contribution is -2.68. The molecule has 1 N–H and O–H groups in total. The summed E-state index contributed by atoms with van der Waals surface area (Å²) in [6, 6.07) is 34.6. The molecule has 4 rings (SSSR count). The number of hydrogen-bond donors (Lipinski definition) is 1. The predicted octanol–water partition coefficient (Wildman–Crippen LogP) is 2.57. The van der Waals surface area contributed by atoms with E-state index >= 15 is 0 Å². The Hall–Kier alpha value is -2.19. The molecule has 0 saturated heterocycles. The van der Waals surface area contributed by atoms with Gasteiger partial charge in [0.2, 0.25) is 5.44 Å². The van der Waals surface area contributed by atoms with E-state index in [9.17, 15) is 4.79 Å². The Balaban J connectivity index is 0.000000771. The second-order valence-corrected chi connectivity index (χ2v) is 13.6. The maximum atomic E-state index is 13.5. The molecule has 0 aliphatic heterocycles. The zero-order valence-electron chi connectivity index (χ0n) is 19.8. The van der Waals surface area contributed by atoms with Gasteiger partial charge in [-0.2, -0.15) is 0 Å². The Morgan fingerprint density at radius 2 is 1.05 bits per heavy atom. The van der Waals surface area contributed by atoms with Crippen LogP contribution in [0, 0.1) is 10.2 Å². The fourth-order valence-electron chi connectivity index (χ4n) is 3.90. The van der Waals surface area contributed by atoms with Gasteiger partial charge in [0.15, 0.2) is 11.8 Å². The molecule has 0 unspecified atom stereocenters. The Kier molecular flexibility index (Phi) is 11.2. The summed E-state index contributed by atoms with van der Waals surface area (Å²) in [7, 11) is -7.65. The van der Waals surface area contributed by atoms with Crippen molar-refractivity contribution >= 4 is 75.5 Å². The Morgan fingerprint density at radius 3 is 1.38 bits per heavy atom. The van der Waals surface area contributed by atoms with Crippen molar-refractivity contribution in [1.29, 1.82) is 0 Å². The van der Waals surface area contributed by atoms with E-state index in [1.807, 2.05) is 91.0 Å². The zero-order chi connectivity index (χ0) is 28.6. The molecule has 0 spiro atoms. The number of halogens is 5. The summed E-state index contributed by atoms with van der Waals surface area (Å²) in [6.07, 6.45) is 0. The molecule has 0 fully saturated rings. The molecule has 0 radical (unpaired) electrons. The molecular formula is C27H19Cl5NO5P. The van der Waals surface area contributed by atoms with Gasteiger partial charge in [0.25, 0.3) is 5.91 Å². The van der Waals surface area contributed by atoms with Crippen molar-refractivity contribution in [3.05, 3.63) is 135 Å². The summed E-state index contributed by atoms with van der Waals surface area (Å²) in [5, 5.41) is 6.67. The van der Waals surface area contributed by atoms with Crippen LogP contribution in [0.15, 0.2) is 119 Å². The fraction of sp³-hybridized carbons (Fsp3) is 0. The highest BCUT2D eigenvalue weighted by Gasteiger charge is 2.52. The summed E-state index contributed by atoms with van der Waals surface area (Å²) < 4.78 is 33.9. The van der Waals surface area contributed by atoms with Gasteiger partial charge in [-0.25, -0.2) is 18.6 Å². The molecule has 0 heterocycles. The van der Waals surface area contributed by atoms with Crippen LogP contribution in [0.1, 0.15) is 10.4 Å². The van der Waals surface area contributed by atoms with Crippen LogP contribution in [0.25, 0.3) is 0 Å². The van der Waals surface area contributed by atoms with Gasteiger partial charge in [-0.05, 0) is 54.6 Å². The fourth-order valence-corrected chi connectivity index (χ4v) is 9.29. The van der Waals surface area contributed by atoms with E-state index in [0.717, 1.165) is 15.9 Å². The number of amides is 1. The maximum absolute atomic E-state index is 13.5. The molecule has 6 nitrogen and oxygen atoms in total. The van der Waals surface area contributed by atoms with Crippen molar-refractivity contribution in [3.8, 4) is 0 Å². The Labute approximate surface area is 248 Å². The highest BCUT2D eigenvalue weighted by atomic mass is 35.7. The van der Waals surface area contributed by atoms with Crippen molar-refractivity contribution in [3.63, 3.8) is 0 Å². The highest BCUT2D eigenvalue weighted by molar-refractivity contribution is 7.99. The van der Waals surface area contributed by atoms with Crippen molar-refractivity contribution in [1.82, 2.24) is 5.32 Å². The number of carbonyl (C=O) groups is 1. The van der Waals surface area contributed by atoms with E-state index in [4.69, 9.17) is 65.0 Å². The van der Waals surface area contributed by atoms with Gasteiger partial charge in [-0.1, -0.05) is 101 Å². The summed E-state index contributed by atoms with van der Waals surface area (Å²) in [5.41, 5.74) is 0.695. The van der Waals surface area contributed by atoms with Crippen molar-refractivity contribution in [2.75, 3.05) is 0 Å². The standard InChI is InChI=1S/C27H18Cl4NOP.ClHO4/c28-19-16-17-23(24(29)18-19)26(33)32-27(25(30)31)34(20-10-4-1-5-11-20,21-12-6-2-7-13-21)22-14-8-3-9-15-22;2-1(3,4)5/h1-18H;(H,2,3,4,5). The first-order chi connectivity index (χ1) is 18.4. The monoisotopic (exact) mass is 643 g/mol. The van der Waals surface area contributed by atoms with E-state index in [-0.39, 0.29) is 15.1 Å². The lowest BCUT2D eigenvalue weighted by molar-refractivity contribution is -2.00. The molecule has 12 heteroatoms. The largest absolute Gasteiger partial charge is 0.290 e. The molecule has 0 aliphatic carbocycles. The first-order valence-corrected chi connectivity index (χ1v) is 15.5. The second-order valence-electron chi connectivity index (χ2n) is 7.74. The first-order valence-electron chi connectivity index (χ1n) is 10.9. The molecule has 1 amide bonds. The van der Waals surface area contributed by atoms with Crippen molar-refractivity contribution < 1.29 is 33.7 Å². The SMILES string of the molecule is O=C(NC(=C(Cl)Cl)[P+](c1ccccc1)(c1ccccc1)c1ccccc1)c1ccc(Cl)cc1Cl.[O-][Cl+3]([O-])([O-])[O-]. The lowest BCUT2D eigenvalue weighted by Gasteiger charge is -2.29. The topological polar surface area (TPSA) is 121 Å². The van der Waals surface area contributed by atoms with Gasteiger partial charge in [0.05, 0.1) is 10.6 Å². The number of hydrogen-bond acceptors (Lipinski definition) is 5. The normalized spacial score (nSPS) is 11.2. The minimum Gasteiger partial charge on any atom is -0.290 e. The number of carbonyl (C=O) groups excluding carboxylic acids is 1. The molecule has 0 bridgehead atoms. The molecule has 0 saturated carbocycles. The van der Waals surface area contributed by atoms with Crippen LogP contribution < -0.4 is 39.9 Å². The smallest absolute Gasteiger partial charge is 0.259 e. The van der Waals surface area contributed by atoms with E-state index in [1.165, 1.54) is 6.07 Å². The van der Waals surface area contributed by atoms with Crippen LogP contribution in [0.4, 0.5) is 0 Å². The van der Waals surface area contributed by atoms with Crippen LogP contribution in [0.3, 0.4) is 0 Å². The third-order valence-corrected chi connectivity index (χ3v) is 10.8. The van der Waals surface area contributed by atoms with Crippen LogP contribution >= 0.6 is 53.7 Å². The van der Waals surface area contributed by atoms with Crippen LogP contribution in [0.5, 0.6) is 0 Å². The van der Waals surface area contributed by atoms with E-state index in [2.05, 4.69) is 5.32 Å². The molecule has 4 aromatic carbocycles. The van der Waals surface area contributed by atoms with Crippen LogP contribution in [-0.2, 0) is 0 Å². The molecule has 4 aromatic rings. The van der Waals surface area contributed by atoms with Crippen LogP contribution in [-0.4, -0.2) is 5.91 Å².